The number of carbonyl (C=O) groups is 1. The van der Waals surface area contributed by atoms with Gasteiger partial charge in [-0.3, -0.25) is 20.0 Å². The van der Waals surface area contributed by atoms with Crippen molar-refractivity contribution in [2.45, 2.75) is 6.92 Å². The third-order valence-electron chi connectivity index (χ3n) is 2.64. The van der Waals surface area contributed by atoms with Gasteiger partial charge in [-0.05, 0) is 13.0 Å². The van der Waals surface area contributed by atoms with Crippen molar-refractivity contribution in [2.75, 3.05) is 17.2 Å². The summed E-state index contributed by atoms with van der Waals surface area (Å²) in [5.74, 6) is -0.510. The predicted octanol–water partition coefficient (Wildman–Crippen LogP) is 2.66. The molecule has 1 aromatic carbocycles. The molecule has 1 amide bonds. The summed E-state index contributed by atoms with van der Waals surface area (Å²) in [7, 11) is 0. The molecule has 0 saturated carbocycles. The van der Waals surface area contributed by atoms with E-state index in [9.17, 15) is 14.9 Å². The maximum atomic E-state index is 12.1. The van der Waals surface area contributed by atoms with E-state index in [-0.39, 0.29) is 22.0 Å². The number of H-pyrrole nitrogens is 1. The number of nitrogens with zero attached hydrogens (tertiary/aromatic N) is 2. The number of carbonyl (C=O) groups excluding carboxylic acids is 1. The van der Waals surface area contributed by atoms with Gasteiger partial charge in [0.1, 0.15) is 5.69 Å². The van der Waals surface area contributed by atoms with E-state index in [4.69, 9.17) is 11.6 Å². The summed E-state index contributed by atoms with van der Waals surface area (Å²) < 4.78 is 0. The topological polar surface area (TPSA) is 113 Å². The van der Waals surface area contributed by atoms with Crippen molar-refractivity contribution in [1.29, 1.82) is 0 Å². The van der Waals surface area contributed by atoms with Crippen LogP contribution in [0.3, 0.4) is 0 Å². The van der Waals surface area contributed by atoms with Crippen molar-refractivity contribution in [3.63, 3.8) is 0 Å². The van der Waals surface area contributed by atoms with Gasteiger partial charge in [-0.25, -0.2) is 0 Å². The highest BCUT2D eigenvalue weighted by Crippen LogP contribution is 2.33. The number of aromatic amines is 1. The summed E-state index contributed by atoms with van der Waals surface area (Å²) in [6, 6.07) is 2.56. The van der Waals surface area contributed by atoms with Gasteiger partial charge in [-0.1, -0.05) is 11.6 Å². The maximum Gasteiger partial charge on any atom is 0.294 e. The van der Waals surface area contributed by atoms with Crippen LogP contribution in [0.25, 0.3) is 0 Å². The number of anilines is 2. The van der Waals surface area contributed by atoms with Gasteiger partial charge < -0.3 is 10.6 Å². The molecular weight excluding hydrogens is 298 g/mol. The van der Waals surface area contributed by atoms with Gasteiger partial charge >= 0.3 is 0 Å². The van der Waals surface area contributed by atoms with Crippen LogP contribution in [0.15, 0.2) is 24.5 Å². The molecule has 0 atom stereocenters. The van der Waals surface area contributed by atoms with E-state index in [2.05, 4.69) is 20.8 Å². The minimum absolute atomic E-state index is 0.0922. The van der Waals surface area contributed by atoms with E-state index in [1.54, 1.807) is 6.92 Å². The monoisotopic (exact) mass is 309 g/mol. The summed E-state index contributed by atoms with van der Waals surface area (Å²) in [6.07, 6.45) is 2.90. The molecule has 21 heavy (non-hydrogen) atoms. The lowest BCUT2D eigenvalue weighted by molar-refractivity contribution is -0.384. The first-order chi connectivity index (χ1) is 10.0. The lowest BCUT2D eigenvalue weighted by atomic mass is 10.1. The van der Waals surface area contributed by atoms with Crippen LogP contribution in [0.1, 0.15) is 17.3 Å². The van der Waals surface area contributed by atoms with Gasteiger partial charge in [-0.2, -0.15) is 5.10 Å². The predicted molar refractivity (Wildman–Crippen MR) is 78.8 cm³/mol. The molecule has 3 N–H and O–H groups in total. The maximum absolute atomic E-state index is 12.1. The molecule has 9 heteroatoms. The van der Waals surface area contributed by atoms with E-state index in [0.29, 0.717) is 12.2 Å². The van der Waals surface area contributed by atoms with E-state index < -0.39 is 10.8 Å². The Labute approximate surface area is 124 Å². The summed E-state index contributed by atoms with van der Waals surface area (Å²) in [5, 5.41) is 22.8. The van der Waals surface area contributed by atoms with Crippen LogP contribution in [0.5, 0.6) is 0 Å². The van der Waals surface area contributed by atoms with Crippen LogP contribution >= 0.6 is 11.6 Å². The number of aromatic nitrogens is 2. The zero-order valence-corrected chi connectivity index (χ0v) is 11.8. The number of nitro groups is 1. The number of benzene rings is 1. The quantitative estimate of drug-likeness (QED) is 0.580. The minimum Gasteiger partial charge on any atom is -0.379 e. The average molecular weight is 310 g/mol. The van der Waals surface area contributed by atoms with Gasteiger partial charge in [-0.15, -0.1) is 0 Å². The molecular formula is C12H12ClN5O3. The van der Waals surface area contributed by atoms with Crippen LogP contribution in [0.2, 0.25) is 5.02 Å². The van der Waals surface area contributed by atoms with E-state index in [1.807, 2.05) is 0 Å². The standard InChI is InChI=1S/C12H12ClN5O3/c1-2-14-11-9(13)3-7(4-10(11)18(20)21)12(19)17-8-5-15-16-6-8/h3-6,14H,2H2,1H3,(H,15,16)(H,17,19). The molecule has 2 aromatic rings. The van der Waals surface area contributed by atoms with Gasteiger partial charge in [0.15, 0.2) is 0 Å². The zero-order chi connectivity index (χ0) is 15.4. The number of nitrogens with one attached hydrogen (secondary N) is 3. The fraction of sp³-hybridized carbons (Fsp3) is 0.167. The smallest absolute Gasteiger partial charge is 0.294 e. The lowest BCUT2D eigenvalue weighted by Crippen LogP contribution is -2.12. The van der Waals surface area contributed by atoms with E-state index in [0.717, 1.165) is 0 Å². The number of amides is 1. The number of halogens is 1. The zero-order valence-electron chi connectivity index (χ0n) is 11.0. The van der Waals surface area contributed by atoms with Gasteiger partial charge in [0.25, 0.3) is 11.6 Å². The Bertz CT molecular complexity index is 672. The lowest BCUT2D eigenvalue weighted by Gasteiger charge is -2.09. The highest BCUT2D eigenvalue weighted by molar-refractivity contribution is 6.34. The molecule has 0 aliphatic carbocycles. The number of hydrogen-bond acceptors (Lipinski definition) is 5. The molecule has 0 bridgehead atoms. The second-order valence-electron chi connectivity index (χ2n) is 4.08. The Morgan fingerprint density at radius 1 is 1.52 bits per heavy atom. The Morgan fingerprint density at radius 3 is 2.86 bits per heavy atom. The normalized spacial score (nSPS) is 10.2. The van der Waals surface area contributed by atoms with Crippen LogP contribution in [-0.4, -0.2) is 27.6 Å². The second kappa shape index (κ2) is 6.23. The van der Waals surface area contributed by atoms with Crippen LogP contribution < -0.4 is 10.6 Å². The van der Waals surface area contributed by atoms with Crippen molar-refractivity contribution >= 4 is 34.6 Å². The molecule has 8 nitrogen and oxygen atoms in total. The van der Waals surface area contributed by atoms with Crippen molar-refractivity contribution in [3.05, 3.63) is 45.2 Å². The Morgan fingerprint density at radius 2 is 2.29 bits per heavy atom. The van der Waals surface area contributed by atoms with Crippen LogP contribution in [0.4, 0.5) is 17.1 Å². The largest absolute Gasteiger partial charge is 0.379 e. The number of nitro benzene ring substituents is 1. The van der Waals surface area contributed by atoms with Crippen LogP contribution in [-0.2, 0) is 0 Å². The first-order valence-electron chi connectivity index (χ1n) is 6.05. The minimum atomic E-state index is -0.585. The number of hydrogen-bond donors (Lipinski definition) is 3. The fourth-order valence-electron chi connectivity index (χ4n) is 1.74. The summed E-state index contributed by atoms with van der Waals surface area (Å²) in [6.45, 7) is 2.26. The van der Waals surface area contributed by atoms with Crippen LogP contribution in [0, 0.1) is 10.1 Å². The highest BCUT2D eigenvalue weighted by Gasteiger charge is 2.21. The molecule has 1 aromatic heterocycles. The Hall–Kier alpha value is -2.61. The first-order valence-corrected chi connectivity index (χ1v) is 6.42. The fourth-order valence-corrected chi connectivity index (χ4v) is 2.02. The summed E-state index contributed by atoms with van der Waals surface area (Å²) in [4.78, 5) is 22.6. The summed E-state index contributed by atoms with van der Waals surface area (Å²) >= 11 is 6.02. The molecule has 0 radical (unpaired) electrons. The van der Waals surface area contributed by atoms with Crippen molar-refractivity contribution in [1.82, 2.24) is 10.2 Å². The summed E-state index contributed by atoms with van der Waals surface area (Å²) in [5.41, 5.74) is 0.495. The Balaban J connectivity index is 2.36. The molecule has 0 spiro atoms. The first kappa shape index (κ1) is 14.8. The molecule has 0 fully saturated rings. The third kappa shape index (κ3) is 3.29. The molecule has 2 rings (SSSR count). The molecule has 0 aliphatic heterocycles. The second-order valence-corrected chi connectivity index (χ2v) is 4.49. The van der Waals surface area contributed by atoms with E-state index in [1.165, 1.54) is 24.5 Å². The molecule has 0 saturated heterocycles. The van der Waals surface area contributed by atoms with Gasteiger partial charge in [0, 0.05) is 24.4 Å². The highest BCUT2D eigenvalue weighted by atomic mass is 35.5. The number of rotatable bonds is 5. The van der Waals surface area contributed by atoms with Crippen molar-refractivity contribution in [3.8, 4) is 0 Å². The molecule has 110 valence electrons. The van der Waals surface area contributed by atoms with Crippen molar-refractivity contribution in [2.24, 2.45) is 0 Å². The molecule has 0 aliphatic rings. The van der Waals surface area contributed by atoms with Gasteiger partial charge in [0.05, 0.1) is 21.8 Å². The molecule has 0 unspecified atom stereocenters. The molecule has 1 heterocycles. The SMILES string of the molecule is CCNc1c(Cl)cc(C(=O)Nc2cn[nH]c2)cc1[N+](=O)[O-]. The van der Waals surface area contributed by atoms with E-state index >= 15 is 0 Å². The average Bonchev–Trinajstić information content (AvgIpc) is 2.93. The third-order valence-corrected chi connectivity index (χ3v) is 2.94. The van der Waals surface area contributed by atoms with Crippen molar-refractivity contribution < 1.29 is 9.72 Å². The Kier molecular flexibility index (Phi) is 4.39. The van der Waals surface area contributed by atoms with Gasteiger partial charge in [0.2, 0.25) is 0 Å².